The predicted molar refractivity (Wildman–Crippen MR) is 69.7 cm³/mol. The Balaban J connectivity index is 1.90. The molecule has 1 aromatic rings. The van der Waals surface area contributed by atoms with E-state index < -0.39 is 0 Å². The third-order valence-corrected chi connectivity index (χ3v) is 4.20. The molecule has 3 aliphatic rings. The average Bonchev–Trinajstić information content (AvgIpc) is 2.68. The Hall–Kier alpha value is -1.72. The zero-order valence-electron chi connectivity index (χ0n) is 10.4. The van der Waals surface area contributed by atoms with Gasteiger partial charge in [-0.25, -0.2) is 4.73 Å². The van der Waals surface area contributed by atoms with Gasteiger partial charge in [-0.2, -0.15) is 0 Å². The summed E-state index contributed by atoms with van der Waals surface area (Å²) in [6.07, 6.45) is 5.22. The molecule has 98 valence electrons. The van der Waals surface area contributed by atoms with Crippen molar-refractivity contribution in [2.24, 2.45) is 11.8 Å². The van der Waals surface area contributed by atoms with E-state index in [0.717, 1.165) is 30.7 Å². The zero-order chi connectivity index (χ0) is 12.7. The van der Waals surface area contributed by atoms with Crippen molar-refractivity contribution in [3.8, 4) is 0 Å². The van der Waals surface area contributed by atoms with Crippen molar-refractivity contribution in [1.82, 2.24) is 4.98 Å². The van der Waals surface area contributed by atoms with Gasteiger partial charge in [-0.05, 0) is 37.5 Å². The van der Waals surface area contributed by atoms with Crippen LogP contribution in [0.5, 0.6) is 0 Å². The quantitative estimate of drug-likeness (QED) is 0.558. The third kappa shape index (κ3) is 1.91. The lowest BCUT2D eigenvalue weighted by molar-refractivity contribution is -0.576. The fourth-order valence-electron chi connectivity index (χ4n) is 3.16. The Kier molecular flexibility index (Phi) is 2.65. The summed E-state index contributed by atoms with van der Waals surface area (Å²) < 4.78 is 0.468. The van der Waals surface area contributed by atoms with Gasteiger partial charge in [-0.1, -0.05) is 4.98 Å². The van der Waals surface area contributed by atoms with Crippen molar-refractivity contribution in [2.75, 3.05) is 29.5 Å². The Morgan fingerprint density at radius 3 is 2.22 bits per heavy atom. The number of rotatable bonds is 1. The van der Waals surface area contributed by atoms with E-state index in [1.165, 1.54) is 25.7 Å². The molecule has 0 spiro atoms. The second-order valence-electron chi connectivity index (χ2n) is 5.48. The first-order valence-corrected chi connectivity index (χ1v) is 6.54. The monoisotopic (exact) mass is 249 g/mol. The number of nitrogens with two attached hydrogens (primary N) is 2. The average molecular weight is 249 g/mol. The van der Waals surface area contributed by atoms with Gasteiger partial charge in [-0.15, -0.1) is 0 Å². The summed E-state index contributed by atoms with van der Waals surface area (Å²) in [5.74, 6) is 2.28. The summed E-state index contributed by atoms with van der Waals surface area (Å²) in [7, 11) is 0. The molecule has 0 unspecified atom stereocenters. The molecule has 2 saturated heterocycles. The van der Waals surface area contributed by atoms with Gasteiger partial charge < -0.3 is 21.6 Å². The number of hydrogen-bond donors (Lipinski definition) is 2. The minimum atomic E-state index is -0.0680. The fourth-order valence-corrected chi connectivity index (χ4v) is 3.16. The van der Waals surface area contributed by atoms with Crippen molar-refractivity contribution in [3.63, 3.8) is 0 Å². The molecule has 1 aromatic heterocycles. The van der Waals surface area contributed by atoms with E-state index >= 15 is 0 Å². The van der Waals surface area contributed by atoms with Crippen LogP contribution in [0.25, 0.3) is 0 Å². The summed E-state index contributed by atoms with van der Waals surface area (Å²) in [6, 6.07) is 1.63. The maximum absolute atomic E-state index is 11.4. The minimum Gasteiger partial charge on any atom is -0.754 e. The topological polar surface area (TPSA) is 95.1 Å². The molecule has 6 heteroatoms. The lowest BCUT2D eigenvalue weighted by Crippen LogP contribution is -2.37. The molecule has 6 nitrogen and oxygen atoms in total. The Morgan fingerprint density at radius 2 is 1.72 bits per heavy atom. The maximum Gasteiger partial charge on any atom is 0.346 e. The Morgan fingerprint density at radius 1 is 1.17 bits per heavy atom. The van der Waals surface area contributed by atoms with Crippen LogP contribution in [0.2, 0.25) is 0 Å². The highest BCUT2D eigenvalue weighted by Gasteiger charge is 2.31. The molecule has 0 atom stereocenters. The van der Waals surface area contributed by atoms with Crippen molar-refractivity contribution < 1.29 is 4.73 Å². The van der Waals surface area contributed by atoms with Crippen LogP contribution in [0.15, 0.2) is 6.07 Å². The van der Waals surface area contributed by atoms with Crippen LogP contribution in [0, 0.1) is 17.0 Å². The molecule has 1 saturated carbocycles. The van der Waals surface area contributed by atoms with Crippen molar-refractivity contribution in [1.29, 1.82) is 0 Å². The number of nitrogen functional groups attached to an aromatic ring is 2. The summed E-state index contributed by atoms with van der Waals surface area (Å²) >= 11 is 0. The first kappa shape index (κ1) is 11.4. The van der Waals surface area contributed by atoms with E-state index in [1.807, 2.05) is 0 Å². The molecule has 0 aromatic carbocycles. The molecule has 18 heavy (non-hydrogen) atoms. The lowest BCUT2D eigenvalue weighted by atomic mass is 9.84. The van der Waals surface area contributed by atoms with Gasteiger partial charge in [0.15, 0.2) is 11.6 Å². The highest BCUT2D eigenvalue weighted by molar-refractivity contribution is 5.47. The fraction of sp³-hybridized carbons (Fsp3) is 0.667. The molecule has 2 aliphatic heterocycles. The molecule has 4 rings (SSSR count). The first-order chi connectivity index (χ1) is 8.63. The number of nitrogens with zero attached hydrogens (tertiary/aromatic N) is 3. The summed E-state index contributed by atoms with van der Waals surface area (Å²) in [5, 5.41) is 11.4. The highest BCUT2D eigenvalue weighted by atomic mass is 16.5. The van der Waals surface area contributed by atoms with Crippen LogP contribution in [0.4, 0.5) is 17.6 Å². The van der Waals surface area contributed by atoms with Crippen molar-refractivity contribution >= 4 is 17.6 Å². The lowest BCUT2D eigenvalue weighted by Gasteiger charge is -2.23. The van der Waals surface area contributed by atoms with Gasteiger partial charge in [0.2, 0.25) is 0 Å². The first-order valence-electron chi connectivity index (χ1n) is 6.54. The van der Waals surface area contributed by atoms with Crippen LogP contribution in [-0.4, -0.2) is 18.1 Å². The van der Waals surface area contributed by atoms with Gasteiger partial charge in [0.25, 0.3) is 0 Å². The second kappa shape index (κ2) is 4.19. The number of fused-ring (bicyclic) bond motifs is 4. The predicted octanol–water partition coefficient (Wildman–Crippen LogP) is 0.506. The zero-order valence-corrected chi connectivity index (χ0v) is 10.4. The van der Waals surface area contributed by atoms with Crippen LogP contribution < -0.4 is 21.1 Å². The van der Waals surface area contributed by atoms with Crippen LogP contribution in [0.3, 0.4) is 0 Å². The standard InChI is InChI=1S/C12H19N5O/c13-10-5-11(15-12(14)17(10)18)16-6-8-1-2-9(7-16)4-3-8/h5,8-9H,1-4,6-7,13H2,(H2,14,15). The van der Waals surface area contributed by atoms with Gasteiger partial charge in [0, 0.05) is 13.1 Å². The minimum absolute atomic E-state index is 0.0680. The van der Waals surface area contributed by atoms with Gasteiger partial charge >= 0.3 is 5.95 Å². The van der Waals surface area contributed by atoms with Crippen molar-refractivity contribution in [2.45, 2.75) is 25.7 Å². The van der Waals surface area contributed by atoms with E-state index in [4.69, 9.17) is 11.5 Å². The van der Waals surface area contributed by atoms with E-state index in [-0.39, 0.29) is 11.8 Å². The SMILES string of the molecule is Nc1cc(N2CC3CCC(CC3)C2)nc(N)[n+]1[O-]. The molecule has 2 bridgehead atoms. The smallest absolute Gasteiger partial charge is 0.346 e. The molecule has 3 fully saturated rings. The number of hydrogen-bond acceptors (Lipinski definition) is 5. The van der Waals surface area contributed by atoms with E-state index in [1.54, 1.807) is 6.07 Å². The van der Waals surface area contributed by atoms with Crippen LogP contribution >= 0.6 is 0 Å². The summed E-state index contributed by atoms with van der Waals surface area (Å²) in [5.41, 5.74) is 11.2. The van der Waals surface area contributed by atoms with Gasteiger partial charge in [0.05, 0.1) is 6.07 Å². The molecule has 4 N–H and O–H groups in total. The van der Waals surface area contributed by atoms with Crippen LogP contribution in [-0.2, 0) is 0 Å². The summed E-state index contributed by atoms with van der Waals surface area (Å²) in [6.45, 7) is 2.01. The van der Waals surface area contributed by atoms with E-state index in [2.05, 4.69) is 9.88 Å². The van der Waals surface area contributed by atoms with E-state index in [9.17, 15) is 5.21 Å². The Labute approximate surface area is 106 Å². The molecule has 3 heterocycles. The van der Waals surface area contributed by atoms with Crippen molar-refractivity contribution in [3.05, 3.63) is 11.3 Å². The molecule has 0 radical (unpaired) electrons. The third-order valence-electron chi connectivity index (χ3n) is 4.20. The van der Waals surface area contributed by atoms with Gasteiger partial charge in [0.1, 0.15) is 0 Å². The number of anilines is 3. The number of aromatic nitrogens is 2. The Bertz CT molecular complexity index is 419. The highest BCUT2D eigenvalue weighted by Crippen LogP contribution is 2.35. The second-order valence-corrected chi connectivity index (χ2v) is 5.48. The summed E-state index contributed by atoms with van der Waals surface area (Å²) in [4.78, 5) is 6.41. The molecule has 1 aliphatic carbocycles. The largest absolute Gasteiger partial charge is 0.754 e. The maximum atomic E-state index is 11.4. The molecular weight excluding hydrogens is 230 g/mol. The van der Waals surface area contributed by atoms with Crippen LogP contribution in [0.1, 0.15) is 25.7 Å². The van der Waals surface area contributed by atoms with Gasteiger partial charge in [-0.3, -0.25) is 0 Å². The van der Waals surface area contributed by atoms with E-state index in [0.29, 0.717) is 4.73 Å². The molecule has 0 amide bonds. The normalized spacial score (nSPS) is 27.2. The molecular formula is C12H19N5O.